The number of ether oxygens (including phenoxy) is 4. The third-order valence-electron chi connectivity index (χ3n) is 14.3. The summed E-state index contributed by atoms with van der Waals surface area (Å²) >= 11 is 0. The monoisotopic (exact) mass is 1120 g/mol. The van der Waals surface area contributed by atoms with Gasteiger partial charge in [0.05, 0.1) is 13.2 Å². The lowest BCUT2D eigenvalue weighted by Gasteiger charge is -2.32. The molecule has 0 heterocycles. The molecule has 0 aromatic carbocycles. The molecule has 0 bridgehead atoms. The van der Waals surface area contributed by atoms with E-state index in [1.807, 2.05) is 25.2 Å². The van der Waals surface area contributed by atoms with E-state index >= 15 is 0 Å². The van der Waals surface area contributed by atoms with Crippen molar-refractivity contribution in [3.8, 4) is 0 Å². The van der Waals surface area contributed by atoms with Gasteiger partial charge in [0.25, 0.3) is 0 Å². The van der Waals surface area contributed by atoms with Crippen LogP contribution in [-0.4, -0.2) is 86.6 Å². The molecule has 80 heavy (non-hydrogen) atoms. The summed E-state index contributed by atoms with van der Waals surface area (Å²) in [7, 11) is 0. The van der Waals surface area contributed by atoms with Crippen LogP contribution < -0.4 is 10.6 Å². The predicted octanol–water partition coefficient (Wildman–Crippen LogP) is 15.8. The van der Waals surface area contributed by atoms with E-state index in [9.17, 15) is 29.1 Å². The lowest BCUT2D eigenvalue weighted by molar-refractivity contribution is -0.179. The number of esters is 2. The van der Waals surface area contributed by atoms with E-state index in [0.717, 1.165) is 94.6 Å². The van der Waals surface area contributed by atoms with E-state index in [1.54, 1.807) is 0 Å². The second-order valence-electron chi connectivity index (χ2n) is 22.5. The molecule has 1 rings (SSSR count). The van der Waals surface area contributed by atoms with Crippen LogP contribution in [0.2, 0.25) is 0 Å². The number of nitrogens with one attached hydrogen (secondary N) is 2. The van der Waals surface area contributed by atoms with Gasteiger partial charge in [-0.15, -0.1) is 0 Å². The molecule has 0 saturated carbocycles. The summed E-state index contributed by atoms with van der Waals surface area (Å²) in [6, 6.07) is 0. The van der Waals surface area contributed by atoms with Crippen molar-refractivity contribution in [2.45, 2.75) is 260 Å². The molecular formula is C68H112N2O10. The molecule has 0 spiro atoms. The first-order valence-electron chi connectivity index (χ1n) is 31.4. The minimum Gasteiger partial charge on any atom is -0.462 e. The highest BCUT2D eigenvalue weighted by Crippen LogP contribution is 2.40. The predicted molar refractivity (Wildman–Crippen MR) is 329 cm³/mol. The van der Waals surface area contributed by atoms with Crippen molar-refractivity contribution in [2.75, 3.05) is 39.5 Å². The molecule has 0 aliphatic heterocycles. The van der Waals surface area contributed by atoms with Gasteiger partial charge < -0.3 is 34.7 Å². The van der Waals surface area contributed by atoms with Crippen molar-refractivity contribution >= 4 is 29.5 Å². The van der Waals surface area contributed by atoms with Gasteiger partial charge in [-0.3, -0.25) is 24.0 Å². The van der Waals surface area contributed by atoms with Gasteiger partial charge in [0.1, 0.15) is 13.2 Å². The summed E-state index contributed by atoms with van der Waals surface area (Å²) in [6.07, 6.45) is 53.9. The largest absolute Gasteiger partial charge is 0.462 e. The second kappa shape index (κ2) is 50.1. The molecule has 12 heteroatoms. The Morgan fingerprint density at radius 1 is 0.625 bits per heavy atom. The van der Waals surface area contributed by atoms with Gasteiger partial charge in [-0.2, -0.15) is 0 Å². The van der Waals surface area contributed by atoms with Gasteiger partial charge in [-0.1, -0.05) is 196 Å². The Morgan fingerprint density at radius 2 is 1.19 bits per heavy atom. The number of ketones is 1. The van der Waals surface area contributed by atoms with E-state index in [4.69, 9.17) is 18.9 Å². The molecule has 2 amide bonds. The van der Waals surface area contributed by atoms with Crippen molar-refractivity contribution in [3.05, 3.63) is 95.2 Å². The number of carbonyl (C=O) groups is 5. The Hall–Kier alpha value is -4.65. The molecule has 1 aliphatic rings. The van der Waals surface area contributed by atoms with Crippen molar-refractivity contribution in [1.82, 2.24) is 10.6 Å². The standard InChI is InChI=1S/C68H112N2O10/c1-8-10-12-14-16-18-20-22-24-26-28-30-32-34-36-45-65(74)78-54-60(80-66(75)46-37-35-33-31-29-27-25-23-21-19-17-15-13-11-9-2)55-79-67(76)62(71)56-77-52-51-70-63(72)44-40-50-69-64(73)53-58(4)42-38-41-57(3)47-48-61-59(5)43-39-49-68(61,6)7/h19,21-25,38,41-42,47-48,53,60,67,76H,8-18,20,26-37,39-40,43-46,49-52,54-56H2,1-7H3,(H,69,73)(H,70,72)/b21-19+,24-22-,25-23-,42-38+,48-47+,57-41+,58-53+/t60-,67?/m1/s1. The molecule has 1 aliphatic carbocycles. The van der Waals surface area contributed by atoms with E-state index in [2.05, 4.69) is 101 Å². The normalized spacial score (nSPS) is 15.0. The van der Waals surface area contributed by atoms with Crippen LogP contribution in [0.15, 0.2) is 95.2 Å². The number of amides is 2. The summed E-state index contributed by atoms with van der Waals surface area (Å²) in [5.74, 6) is -2.09. The molecular weight excluding hydrogens is 1000 g/mol. The zero-order valence-corrected chi connectivity index (χ0v) is 51.4. The maximum absolute atomic E-state index is 12.9. The van der Waals surface area contributed by atoms with Crippen LogP contribution in [0.3, 0.4) is 0 Å². The molecule has 12 nitrogen and oxygen atoms in total. The molecule has 0 aromatic heterocycles. The summed E-state index contributed by atoms with van der Waals surface area (Å²) in [6.45, 7) is 14.6. The lowest BCUT2D eigenvalue weighted by atomic mass is 9.72. The number of Topliss-reactive ketones (excluding diaryl/α,β-unsaturated/α-hetero) is 1. The van der Waals surface area contributed by atoms with E-state index < -0.39 is 36.7 Å². The lowest BCUT2D eigenvalue weighted by Crippen LogP contribution is -2.35. The van der Waals surface area contributed by atoms with Crippen LogP contribution in [0.4, 0.5) is 0 Å². The van der Waals surface area contributed by atoms with Gasteiger partial charge in [0, 0.05) is 38.4 Å². The van der Waals surface area contributed by atoms with Crippen molar-refractivity contribution in [2.24, 2.45) is 5.41 Å². The first kappa shape index (κ1) is 73.4. The first-order valence-corrected chi connectivity index (χ1v) is 31.4. The van der Waals surface area contributed by atoms with Gasteiger partial charge in [0.15, 0.2) is 6.10 Å². The molecule has 1 unspecified atom stereocenters. The van der Waals surface area contributed by atoms with E-state index in [-0.39, 0.29) is 62.9 Å². The highest BCUT2D eigenvalue weighted by atomic mass is 16.6. The Morgan fingerprint density at radius 3 is 1.80 bits per heavy atom. The number of aliphatic hydroxyl groups is 1. The molecule has 0 radical (unpaired) electrons. The highest BCUT2D eigenvalue weighted by molar-refractivity contribution is 5.88. The third kappa shape index (κ3) is 43.1. The smallest absolute Gasteiger partial charge is 0.306 e. The van der Waals surface area contributed by atoms with E-state index in [1.165, 1.54) is 94.3 Å². The van der Waals surface area contributed by atoms with Crippen LogP contribution >= 0.6 is 0 Å². The average molecular weight is 1120 g/mol. The van der Waals surface area contributed by atoms with Crippen LogP contribution in [0.1, 0.15) is 248 Å². The summed E-state index contributed by atoms with van der Waals surface area (Å²) < 4.78 is 21.9. The van der Waals surface area contributed by atoms with Crippen LogP contribution in [0, 0.1) is 5.41 Å². The van der Waals surface area contributed by atoms with Crippen LogP contribution in [-0.2, 0) is 42.9 Å². The van der Waals surface area contributed by atoms with Gasteiger partial charge in [-0.05, 0) is 127 Å². The fourth-order valence-corrected chi connectivity index (χ4v) is 9.34. The Labute approximate surface area is 486 Å². The maximum atomic E-state index is 12.9. The van der Waals surface area contributed by atoms with Crippen molar-refractivity contribution in [1.29, 1.82) is 0 Å². The topological polar surface area (TPSA) is 167 Å². The second-order valence-corrected chi connectivity index (χ2v) is 22.5. The van der Waals surface area contributed by atoms with E-state index in [0.29, 0.717) is 25.8 Å². The SMILES string of the molecule is CCCCCC/C=C/C=C\CCCCCCCC(=O)O[C@H](COC(=O)CCCCCCC/C=C\CCCCCCCC)COC(O)C(=O)COCCNC(=O)CCCNC(=O)/C=C(C)/C=C/C=C(C)/C=C/C1=C(C)CCCC1(C)C. The summed E-state index contributed by atoms with van der Waals surface area (Å²) in [4.78, 5) is 63.1. The average Bonchev–Trinajstić information content (AvgIpc) is 3.42. The fourth-order valence-electron chi connectivity index (χ4n) is 9.34. The molecule has 454 valence electrons. The molecule has 0 saturated heterocycles. The maximum Gasteiger partial charge on any atom is 0.306 e. The summed E-state index contributed by atoms with van der Waals surface area (Å²) in [5, 5.41) is 16.0. The molecule has 3 N–H and O–H groups in total. The third-order valence-corrected chi connectivity index (χ3v) is 14.3. The quantitative estimate of drug-likeness (QED) is 0.0133. The Kier molecular flexibility index (Phi) is 45.9. The van der Waals surface area contributed by atoms with Crippen molar-refractivity contribution < 1.29 is 48.0 Å². The minimum atomic E-state index is -1.86. The van der Waals surface area contributed by atoms with Crippen LogP contribution in [0.5, 0.6) is 0 Å². The molecule has 0 aromatic rings. The first-order chi connectivity index (χ1) is 38.7. The number of rotatable bonds is 50. The zero-order valence-electron chi connectivity index (χ0n) is 51.4. The Bertz CT molecular complexity index is 1940. The van der Waals surface area contributed by atoms with Gasteiger partial charge >= 0.3 is 11.9 Å². The number of unbranched alkanes of at least 4 members (excludes halogenated alkanes) is 20. The summed E-state index contributed by atoms with van der Waals surface area (Å²) in [5.41, 5.74) is 5.01. The van der Waals surface area contributed by atoms with Gasteiger partial charge in [-0.25, -0.2) is 0 Å². The number of aliphatic hydroxyl groups excluding tert-OH is 1. The Balaban J connectivity index is 2.45. The number of allylic oxidation sites excluding steroid dienone is 15. The molecule has 0 fully saturated rings. The number of carbonyl (C=O) groups excluding carboxylic acids is 5. The minimum absolute atomic E-state index is 0.0142. The number of hydrogen-bond acceptors (Lipinski definition) is 10. The fraction of sp³-hybridized carbons (Fsp3) is 0.691. The molecule has 2 atom stereocenters. The highest BCUT2D eigenvalue weighted by Gasteiger charge is 2.26. The number of hydrogen-bond donors (Lipinski definition) is 3. The van der Waals surface area contributed by atoms with Crippen molar-refractivity contribution in [3.63, 3.8) is 0 Å². The van der Waals surface area contributed by atoms with Gasteiger partial charge in [0.2, 0.25) is 23.9 Å². The zero-order chi connectivity index (χ0) is 58.7. The van der Waals surface area contributed by atoms with Crippen LogP contribution in [0.25, 0.3) is 0 Å².